The molecule has 0 amide bonds. The second kappa shape index (κ2) is 10.0. The Balaban J connectivity index is 1.89. The van der Waals surface area contributed by atoms with Gasteiger partial charge in [0.15, 0.2) is 0 Å². The lowest BCUT2D eigenvalue weighted by molar-refractivity contribution is 0.122. The van der Waals surface area contributed by atoms with Crippen LogP contribution in [0.5, 0.6) is 0 Å². The van der Waals surface area contributed by atoms with Crippen LogP contribution in [0.15, 0.2) is 30.3 Å². The molecule has 1 nitrogen and oxygen atoms in total. The molecular formula is C13H19ClOS. The standard InChI is InChI=1S/C13H19ClOS/c14-8-4-10-16-11-5-9-15-12-13-6-2-1-3-7-13/h1-3,6-7H,4-5,8-12H2. The average Bonchev–Trinajstić information content (AvgIpc) is 2.34. The largest absolute Gasteiger partial charge is 0.377 e. The second-order valence-corrected chi connectivity index (χ2v) is 5.15. The third-order valence-corrected chi connectivity index (χ3v) is 3.53. The van der Waals surface area contributed by atoms with E-state index < -0.39 is 0 Å². The Morgan fingerprint density at radius 2 is 1.81 bits per heavy atom. The Kier molecular flexibility index (Phi) is 8.68. The molecule has 16 heavy (non-hydrogen) atoms. The summed E-state index contributed by atoms with van der Waals surface area (Å²) in [6, 6.07) is 10.3. The van der Waals surface area contributed by atoms with Crippen LogP contribution in [0.3, 0.4) is 0 Å². The first kappa shape index (κ1) is 13.9. The minimum absolute atomic E-state index is 0.729. The molecule has 1 aromatic rings. The Bertz CT molecular complexity index is 253. The molecule has 0 saturated carbocycles. The molecule has 0 aromatic heterocycles. The Morgan fingerprint density at radius 3 is 2.56 bits per heavy atom. The van der Waals surface area contributed by atoms with E-state index in [-0.39, 0.29) is 0 Å². The lowest BCUT2D eigenvalue weighted by atomic mass is 10.2. The maximum Gasteiger partial charge on any atom is 0.0716 e. The molecule has 0 radical (unpaired) electrons. The molecule has 0 saturated heterocycles. The summed E-state index contributed by atoms with van der Waals surface area (Å²) in [5.41, 5.74) is 1.25. The summed E-state index contributed by atoms with van der Waals surface area (Å²) in [6.07, 6.45) is 2.23. The van der Waals surface area contributed by atoms with Gasteiger partial charge in [-0.2, -0.15) is 11.8 Å². The summed E-state index contributed by atoms with van der Waals surface area (Å²) in [5, 5.41) is 0. The maximum atomic E-state index is 5.59. The van der Waals surface area contributed by atoms with Gasteiger partial charge in [-0.15, -0.1) is 11.6 Å². The first-order chi connectivity index (χ1) is 7.93. The van der Waals surface area contributed by atoms with Crippen molar-refractivity contribution in [1.82, 2.24) is 0 Å². The predicted molar refractivity (Wildman–Crippen MR) is 73.4 cm³/mol. The molecule has 0 fully saturated rings. The van der Waals surface area contributed by atoms with Gasteiger partial charge in [0.25, 0.3) is 0 Å². The van der Waals surface area contributed by atoms with E-state index in [0.29, 0.717) is 0 Å². The van der Waals surface area contributed by atoms with E-state index in [1.165, 1.54) is 17.1 Å². The van der Waals surface area contributed by atoms with Crippen molar-refractivity contribution in [2.45, 2.75) is 19.4 Å². The van der Waals surface area contributed by atoms with Crippen LogP contribution in [0.1, 0.15) is 18.4 Å². The highest BCUT2D eigenvalue weighted by Gasteiger charge is 1.93. The Labute approximate surface area is 108 Å². The zero-order chi connectivity index (χ0) is 11.5. The van der Waals surface area contributed by atoms with Crippen LogP contribution in [0.2, 0.25) is 0 Å². The van der Waals surface area contributed by atoms with E-state index in [9.17, 15) is 0 Å². The number of hydrogen-bond donors (Lipinski definition) is 0. The molecule has 90 valence electrons. The minimum atomic E-state index is 0.729. The number of thioether (sulfide) groups is 1. The second-order valence-electron chi connectivity index (χ2n) is 3.55. The number of hydrogen-bond acceptors (Lipinski definition) is 2. The molecule has 0 N–H and O–H groups in total. The molecule has 1 aromatic carbocycles. The van der Waals surface area contributed by atoms with Crippen molar-refractivity contribution in [3.8, 4) is 0 Å². The molecule has 0 unspecified atom stereocenters. The monoisotopic (exact) mass is 258 g/mol. The van der Waals surface area contributed by atoms with Crippen LogP contribution in [0.25, 0.3) is 0 Å². The van der Waals surface area contributed by atoms with Gasteiger partial charge in [0.2, 0.25) is 0 Å². The third-order valence-electron chi connectivity index (χ3n) is 2.11. The van der Waals surface area contributed by atoms with Crippen molar-refractivity contribution >= 4 is 23.4 Å². The molecule has 0 atom stereocenters. The van der Waals surface area contributed by atoms with Crippen molar-refractivity contribution in [1.29, 1.82) is 0 Å². The molecule has 0 aliphatic carbocycles. The molecule has 0 spiro atoms. The zero-order valence-corrected chi connectivity index (χ0v) is 11.1. The van der Waals surface area contributed by atoms with E-state index >= 15 is 0 Å². The number of ether oxygens (including phenoxy) is 1. The smallest absolute Gasteiger partial charge is 0.0716 e. The normalized spacial score (nSPS) is 10.6. The van der Waals surface area contributed by atoms with Crippen LogP contribution in [0, 0.1) is 0 Å². The van der Waals surface area contributed by atoms with Gasteiger partial charge in [-0.05, 0) is 29.9 Å². The molecule has 0 bridgehead atoms. The van der Waals surface area contributed by atoms with Gasteiger partial charge in [-0.1, -0.05) is 30.3 Å². The van der Waals surface area contributed by atoms with Gasteiger partial charge < -0.3 is 4.74 Å². The predicted octanol–water partition coefficient (Wildman–Crippen LogP) is 3.96. The summed E-state index contributed by atoms with van der Waals surface area (Å²) >= 11 is 7.55. The summed E-state index contributed by atoms with van der Waals surface area (Å²) < 4.78 is 5.59. The van der Waals surface area contributed by atoms with Crippen molar-refractivity contribution < 1.29 is 4.74 Å². The number of rotatable bonds is 9. The van der Waals surface area contributed by atoms with Crippen LogP contribution in [-0.4, -0.2) is 24.0 Å². The zero-order valence-electron chi connectivity index (χ0n) is 9.53. The van der Waals surface area contributed by atoms with Crippen LogP contribution >= 0.6 is 23.4 Å². The van der Waals surface area contributed by atoms with Gasteiger partial charge in [0.1, 0.15) is 0 Å². The fraction of sp³-hybridized carbons (Fsp3) is 0.538. The van der Waals surface area contributed by atoms with Gasteiger partial charge in [0, 0.05) is 12.5 Å². The number of alkyl halides is 1. The Morgan fingerprint density at radius 1 is 1.06 bits per heavy atom. The van der Waals surface area contributed by atoms with Crippen LogP contribution in [-0.2, 0) is 11.3 Å². The van der Waals surface area contributed by atoms with Gasteiger partial charge in [-0.3, -0.25) is 0 Å². The van der Waals surface area contributed by atoms with E-state index in [1.807, 2.05) is 30.0 Å². The van der Waals surface area contributed by atoms with E-state index in [1.54, 1.807) is 0 Å². The molecule has 3 heteroatoms. The maximum absolute atomic E-state index is 5.59. The highest BCUT2D eigenvalue weighted by atomic mass is 35.5. The fourth-order valence-electron chi connectivity index (χ4n) is 1.29. The van der Waals surface area contributed by atoms with Crippen molar-refractivity contribution in [2.24, 2.45) is 0 Å². The lowest BCUT2D eigenvalue weighted by Gasteiger charge is -2.04. The molecule has 0 aliphatic heterocycles. The van der Waals surface area contributed by atoms with Gasteiger partial charge in [0.05, 0.1) is 6.61 Å². The summed E-state index contributed by atoms with van der Waals surface area (Å²) in [6.45, 7) is 1.58. The number of halogens is 1. The molecule has 0 aliphatic rings. The van der Waals surface area contributed by atoms with E-state index in [4.69, 9.17) is 16.3 Å². The topological polar surface area (TPSA) is 9.23 Å². The van der Waals surface area contributed by atoms with Crippen molar-refractivity contribution in [3.05, 3.63) is 35.9 Å². The van der Waals surface area contributed by atoms with Crippen molar-refractivity contribution in [2.75, 3.05) is 24.0 Å². The van der Waals surface area contributed by atoms with Crippen molar-refractivity contribution in [3.63, 3.8) is 0 Å². The highest BCUT2D eigenvalue weighted by Crippen LogP contribution is 2.06. The van der Waals surface area contributed by atoms with Gasteiger partial charge >= 0.3 is 0 Å². The molecule has 1 rings (SSSR count). The van der Waals surface area contributed by atoms with E-state index in [2.05, 4.69) is 12.1 Å². The number of benzene rings is 1. The van der Waals surface area contributed by atoms with E-state index in [0.717, 1.165) is 31.9 Å². The quantitative estimate of drug-likeness (QED) is 0.490. The Hall–Kier alpha value is -0.180. The lowest BCUT2D eigenvalue weighted by Crippen LogP contribution is -1.97. The molecule has 0 heterocycles. The summed E-state index contributed by atoms with van der Waals surface area (Å²) in [5.74, 6) is 3.12. The average molecular weight is 259 g/mol. The third kappa shape index (κ3) is 7.15. The molecular weight excluding hydrogens is 240 g/mol. The summed E-state index contributed by atoms with van der Waals surface area (Å²) in [4.78, 5) is 0. The van der Waals surface area contributed by atoms with Crippen LogP contribution in [0.4, 0.5) is 0 Å². The highest BCUT2D eigenvalue weighted by molar-refractivity contribution is 7.99. The first-order valence-corrected chi connectivity index (χ1v) is 7.38. The summed E-state index contributed by atoms with van der Waals surface area (Å²) in [7, 11) is 0. The minimum Gasteiger partial charge on any atom is -0.377 e. The first-order valence-electron chi connectivity index (χ1n) is 5.69. The van der Waals surface area contributed by atoms with Crippen LogP contribution < -0.4 is 0 Å². The van der Waals surface area contributed by atoms with Gasteiger partial charge in [-0.25, -0.2) is 0 Å². The SMILES string of the molecule is ClCCCSCCCOCc1ccccc1. The fourth-order valence-corrected chi connectivity index (χ4v) is 2.45.